The first-order chi connectivity index (χ1) is 7.69. The third-order valence-corrected chi connectivity index (χ3v) is 4.11. The molecule has 3 rings (SSSR count). The zero-order valence-electron chi connectivity index (χ0n) is 9.89. The molecular weight excluding hydrogens is 200 g/mol. The number of hydrogen-bond donors (Lipinski definition) is 1. The van der Waals surface area contributed by atoms with Crippen LogP contribution in [0, 0.1) is 0 Å². The van der Waals surface area contributed by atoms with Crippen LogP contribution in [0.1, 0.15) is 31.4 Å². The fourth-order valence-corrected chi connectivity index (χ4v) is 2.90. The summed E-state index contributed by atoms with van der Waals surface area (Å²) in [7, 11) is 2.01. The van der Waals surface area contributed by atoms with E-state index in [2.05, 4.69) is 4.90 Å². The molecule has 1 saturated carbocycles. The third kappa shape index (κ3) is 1.68. The highest BCUT2D eigenvalue weighted by atomic mass is 16.3. The Morgan fingerprint density at radius 3 is 2.50 bits per heavy atom. The maximum atomic E-state index is 10.7. The van der Waals surface area contributed by atoms with Gasteiger partial charge >= 0.3 is 0 Å². The highest BCUT2D eigenvalue weighted by Crippen LogP contribution is 2.37. The van der Waals surface area contributed by atoms with Gasteiger partial charge in [0.05, 0.1) is 0 Å². The average Bonchev–Trinajstić information content (AvgIpc) is 3.02. The van der Waals surface area contributed by atoms with Crippen molar-refractivity contribution in [1.29, 1.82) is 0 Å². The molecule has 3 nitrogen and oxygen atoms in total. The van der Waals surface area contributed by atoms with Crippen molar-refractivity contribution in [2.24, 2.45) is 7.05 Å². The lowest BCUT2D eigenvalue weighted by Gasteiger charge is -2.38. The Labute approximate surface area is 96.7 Å². The highest BCUT2D eigenvalue weighted by molar-refractivity contribution is 5.17. The first-order valence-electron chi connectivity index (χ1n) is 6.27. The average molecular weight is 220 g/mol. The number of rotatable bonds is 2. The summed E-state index contributed by atoms with van der Waals surface area (Å²) in [6.45, 7) is 2.10. The first-order valence-corrected chi connectivity index (χ1v) is 6.27. The van der Waals surface area contributed by atoms with E-state index in [4.69, 9.17) is 0 Å². The van der Waals surface area contributed by atoms with Crippen molar-refractivity contribution in [2.75, 3.05) is 13.1 Å². The number of hydrogen-bond acceptors (Lipinski definition) is 2. The molecular formula is C13H20N2O. The van der Waals surface area contributed by atoms with Crippen LogP contribution in [-0.2, 0) is 12.6 Å². The Bertz CT molecular complexity index is 373. The predicted octanol–water partition coefficient (Wildman–Crippen LogP) is 1.47. The van der Waals surface area contributed by atoms with E-state index in [1.165, 1.54) is 12.8 Å². The molecule has 1 aromatic rings. The lowest BCUT2D eigenvalue weighted by molar-refractivity contribution is -0.0330. The Morgan fingerprint density at radius 2 is 2.00 bits per heavy atom. The van der Waals surface area contributed by atoms with Gasteiger partial charge in [-0.25, -0.2) is 0 Å². The molecule has 0 bridgehead atoms. The topological polar surface area (TPSA) is 28.4 Å². The summed E-state index contributed by atoms with van der Waals surface area (Å²) in [5, 5.41) is 10.7. The normalized spacial score (nSPS) is 25.9. The van der Waals surface area contributed by atoms with Crippen molar-refractivity contribution in [3.8, 4) is 0 Å². The Kier molecular flexibility index (Phi) is 2.33. The highest BCUT2D eigenvalue weighted by Gasteiger charge is 2.39. The van der Waals surface area contributed by atoms with Gasteiger partial charge in [-0.05, 0) is 37.8 Å². The van der Waals surface area contributed by atoms with Gasteiger partial charge in [-0.15, -0.1) is 0 Å². The lowest BCUT2D eigenvalue weighted by Crippen LogP contribution is -2.44. The molecule has 1 N–H and O–H groups in total. The predicted molar refractivity (Wildman–Crippen MR) is 63.1 cm³/mol. The van der Waals surface area contributed by atoms with Gasteiger partial charge in [0.2, 0.25) is 0 Å². The van der Waals surface area contributed by atoms with Gasteiger partial charge in [-0.3, -0.25) is 0 Å². The summed E-state index contributed by atoms with van der Waals surface area (Å²) in [6, 6.07) is 4.89. The molecule has 0 amide bonds. The smallest absolute Gasteiger partial charge is 0.107 e. The molecule has 1 saturated heterocycles. The fraction of sp³-hybridized carbons (Fsp3) is 0.692. The van der Waals surface area contributed by atoms with Crippen molar-refractivity contribution in [2.45, 2.75) is 37.3 Å². The van der Waals surface area contributed by atoms with E-state index in [9.17, 15) is 5.11 Å². The lowest BCUT2D eigenvalue weighted by atomic mass is 9.88. The molecule has 3 heteroatoms. The summed E-state index contributed by atoms with van der Waals surface area (Å²) in [5.74, 6) is 0. The van der Waals surface area contributed by atoms with E-state index in [1.807, 2.05) is 29.9 Å². The summed E-state index contributed by atoms with van der Waals surface area (Å²) in [4.78, 5) is 2.54. The van der Waals surface area contributed by atoms with Gasteiger partial charge < -0.3 is 14.6 Å². The molecule has 0 aromatic carbocycles. The van der Waals surface area contributed by atoms with Crippen molar-refractivity contribution in [3.63, 3.8) is 0 Å². The standard InChI is InChI=1S/C13H20N2O/c1-14-8-2-3-12(14)13(16)6-9-15(10-7-13)11-4-5-11/h2-3,8,11,16H,4-7,9-10H2,1H3. The maximum Gasteiger partial charge on any atom is 0.107 e. The minimum absolute atomic E-state index is 0.594. The Hall–Kier alpha value is -0.800. The van der Waals surface area contributed by atoms with Gasteiger partial charge in [0.15, 0.2) is 0 Å². The molecule has 2 aliphatic rings. The zero-order valence-corrected chi connectivity index (χ0v) is 9.89. The molecule has 0 spiro atoms. The van der Waals surface area contributed by atoms with Crippen LogP contribution in [0.5, 0.6) is 0 Å². The van der Waals surface area contributed by atoms with Crippen molar-refractivity contribution in [3.05, 3.63) is 24.0 Å². The van der Waals surface area contributed by atoms with Crippen molar-refractivity contribution < 1.29 is 5.11 Å². The quantitative estimate of drug-likeness (QED) is 0.817. The molecule has 1 aromatic heterocycles. The minimum Gasteiger partial charge on any atom is -0.384 e. The Balaban J connectivity index is 1.73. The van der Waals surface area contributed by atoms with Crippen molar-refractivity contribution >= 4 is 0 Å². The van der Waals surface area contributed by atoms with Crippen molar-refractivity contribution in [1.82, 2.24) is 9.47 Å². The van der Waals surface area contributed by atoms with Gasteiger partial charge in [0, 0.05) is 38.1 Å². The van der Waals surface area contributed by atoms with Crippen LogP contribution in [0.25, 0.3) is 0 Å². The van der Waals surface area contributed by atoms with Crippen LogP contribution in [0.2, 0.25) is 0 Å². The minimum atomic E-state index is -0.594. The van der Waals surface area contributed by atoms with E-state index in [0.717, 1.165) is 37.7 Å². The van der Waals surface area contributed by atoms with Crippen LogP contribution in [0.3, 0.4) is 0 Å². The van der Waals surface area contributed by atoms with Crippen LogP contribution in [0.4, 0.5) is 0 Å². The molecule has 0 atom stereocenters. The fourth-order valence-electron chi connectivity index (χ4n) is 2.90. The van der Waals surface area contributed by atoms with Gasteiger partial charge in [-0.1, -0.05) is 0 Å². The summed E-state index contributed by atoms with van der Waals surface area (Å²) >= 11 is 0. The second-order valence-corrected chi connectivity index (χ2v) is 5.30. The van der Waals surface area contributed by atoms with Gasteiger partial charge in [0.25, 0.3) is 0 Å². The number of aryl methyl sites for hydroxylation is 1. The SMILES string of the molecule is Cn1cccc1C1(O)CCN(C2CC2)CC1. The van der Waals surface area contributed by atoms with E-state index >= 15 is 0 Å². The van der Waals surface area contributed by atoms with E-state index in [-0.39, 0.29) is 0 Å². The monoisotopic (exact) mass is 220 g/mol. The Morgan fingerprint density at radius 1 is 1.31 bits per heavy atom. The summed E-state index contributed by atoms with van der Waals surface area (Å²) in [6.07, 6.45) is 6.49. The number of piperidine rings is 1. The molecule has 1 aliphatic carbocycles. The molecule has 1 aliphatic heterocycles. The summed E-state index contributed by atoms with van der Waals surface area (Å²) in [5.41, 5.74) is 0.479. The summed E-state index contributed by atoms with van der Waals surface area (Å²) < 4.78 is 2.05. The molecule has 88 valence electrons. The molecule has 2 heterocycles. The second kappa shape index (κ2) is 3.60. The largest absolute Gasteiger partial charge is 0.384 e. The number of aromatic nitrogens is 1. The van der Waals surface area contributed by atoms with Crippen LogP contribution >= 0.6 is 0 Å². The van der Waals surface area contributed by atoms with E-state index in [1.54, 1.807) is 0 Å². The molecule has 2 fully saturated rings. The molecule has 0 radical (unpaired) electrons. The van der Waals surface area contributed by atoms with Crippen LogP contribution in [-0.4, -0.2) is 33.7 Å². The molecule has 16 heavy (non-hydrogen) atoms. The third-order valence-electron chi connectivity index (χ3n) is 4.11. The molecule has 0 unspecified atom stereocenters. The number of nitrogens with zero attached hydrogens (tertiary/aromatic N) is 2. The maximum absolute atomic E-state index is 10.7. The second-order valence-electron chi connectivity index (χ2n) is 5.30. The van der Waals surface area contributed by atoms with E-state index in [0.29, 0.717) is 0 Å². The number of likely N-dealkylation sites (tertiary alicyclic amines) is 1. The number of aliphatic hydroxyl groups is 1. The van der Waals surface area contributed by atoms with Gasteiger partial charge in [0.1, 0.15) is 5.60 Å². The zero-order chi connectivity index (χ0) is 11.2. The first kappa shape index (κ1) is 10.4. The van der Waals surface area contributed by atoms with Crippen LogP contribution in [0.15, 0.2) is 18.3 Å². The van der Waals surface area contributed by atoms with Crippen LogP contribution < -0.4 is 0 Å². The van der Waals surface area contributed by atoms with E-state index < -0.39 is 5.60 Å². The van der Waals surface area contributed by atoms with Gasteiger partial charge in [-0.2, -0.15) is 0 Å².